The van der Waals surface area contributed by atoms with Gasteiger partial charge in [-0.1, -0.05) is 11.3 Å². The van der Waals surface area contributed by atoms with Gasteiger partial charge in [0, 0.05) is 32.6 Å². The molecule has 1 saturated heterocycles. The number of rotatable bonds is 6. The lowest BCUT2D eigenvalue weighted by molar-refractivity contribution is 0.0398. The molecule has 1 aromatic rings. The fraction of sp³-hybridized carbons (Fsp3) is 0.800. The quantitative estimate of drug-likeness (QED) is 0.734. The molecule has 0 saturated carbocycles. The molecule has 17 heavy (non-hydrogen) atoms. The first-order valence-corrected chi connectivity index (χ1v) is 6.76. The highest BCUT2D eigenvalue weighted by molar-refractivity contribution is 7.15. The van der Waals surface area contributed by atoms with Crippen LogP contribution in [-0.2, 0) is 11.2 Å². The highest BCUT2D eigenvalue weighted by Gasteiger charge is 2.09. The summed E-state index contributed by atoms with van der Waals surface area (Å²) in [4.78, 5) is 2.39. The second kappa shape index (κ2) is 6.85. The first-order chi connectivity index (χ1) is 8.38. The predicted molar refractivity (Wildman–Crippen MR) is 68.4 cm³/mol. The van der Waals surface area contributed by atoms with Gasteiger partial charge in [-0.25, -0.2) is 0 Å². The Bertz CT molecular complexity index is 326. The second-order valence-corrected chi connectivity index (χ2v) is 4.98. The summed E-state index contributed by atoms with van der Waals surface area (Å²) in [7, 11) is 0. The van der Waals surface area contributed by atoms with Crippen LogP contribution in [0.2, 0.25) is 0 Å². The summed E-state index contributed by atoms with van der Waals surface area (Å²) >= 11 is 1.59. The largest absolute Gasteiger partial charge is 0.379 e. The van der Waals surface area contributed by atoms with Crippen LogP contribution >= 0.6 is 11.3 Å². The van der Waals surface area contributed by atoms with E-state index in [0.717, 1.165) is 56.0 Å². The van der Waals surface area contributed by atoms with E-state index in [2.05, 4.69) is 20.4 Å². The molecule has 0 unspecified atom stereocenters. The smallest absolute Gasteiger partial charge is 0.205 e. The van der Waals surface area contributed by atoms with Crippen molar-refractivity contribution >= 4 is 16.5 Å². The van der Waals surface area contributed by atoms with E-state index in [1.165, 1.54) is 0 Å². The highest BCUT2D eigenvalue weighted by atomic mass is 32.1. The summed E-state index contributed by atoms with van der Waals surface area (Å²) in [5, 5.41) is 13.3. The minimum absolute atomic E-state index is 0.627. The van der Waals surface area contributed by atoms with E-state index in [4.69, 9.17) is 10.5 Å². The molecular weight excluding hydrogens is 238 g/mol. The third-order valence-corrected chi connectivity index (χ3v) is 3.57. The van der Waals surface area contributed by atoms with Gasteiger partial charge in [0.05, 0.1) is 13.2 Å². The van der Waals surface area contributed by atoms with Crippen molar-refractivity contribution in [2.24, 2.45) is 5.73 Å². The molecule has 1 fully saturated rings. The molecule has 96 valence electrons. The standard InChI is InChI=1S/C10H19N5OS/c11-2-1-9-13-14-10(17-9)12-3-4-15-5-7-16-8-6-15/h1-8,11H2,(H,12,14). The fourth-order valence-electron chi connectivity index (χ4n) is 1.70. The average molecular weight is 257 g/mol. The Hall–Kier alpha value is -0.760. The van der Waals surface area contributed by atoms with Crippen LogP contribution < -0.4 is 11.1 Å². The molecule has 1 aliphatic rings. The van der Waals surface area contributed by atoms with Gasteiger partial charge in [-0.3, -0.25) is 4.90 Å². The van der Waals surface area contributed by atoms with Crippen molar-refractivity contribution in [3.63, 3.8) is 0 Å². The van der Waals surface area contributed by atoms with Crippen molar-refractivity contribution in [2.45, 2.75) is 6.42 Å². The van der Waals surface area contributed by atoms with E-state index in [1.807, 2.05) is 0 Å². The minimum Gasteiger partial charge on any atom is -0.379 e. The maximum atomic E-state index is 5.47. The van der Waals surface area contributed by atoms with Gasteiger partial charge >= 0.3 is 0 Å². The maximum absolute atomic E-state index is 5.47. The molecule has 6 nitrogen and oxygen atoms in total. The number of nitrogens with one attached hydrogen (secondary N) is 1. The Balaban J connectivity index is 1.66. The second-order valence-electron chi connectivity index (χ2n) is 3.92. The first kappa shape index (κ1) is 12.7. The lowest BCUT2D eigenvalue weighted by atomic mass is 10.4. The summed E-state index contributed by atoms with van der Waals surface area (Å²) in [5.74, 6) is 0. The first-order valence-electron chi connectivity index (χ1n) is 5.95. The molecule has 0 radical (unpaired) electrons. The molecule has 1 aromatic heterocycles. The molecular formula is C10H19N5OS. The van der Waals surface area contributed by atoms with E-state index in [-0.39, 0.29) is 0 Å². The van der Waals surface area contributed by atoms with Crippen LogP contribution in [0.5, 0.6) is 0 Å². The van der Waals surface area contributed by atoms with Crippen molar-refractivity contribution in [1.29, 1.82) is 0 Å². The van der Waals surface area contributed by atoms with Crippen LogP contribution in [0, 0.1) is 0 Å². The Morgan fingerprint density at radius 1 is 1.35 bits per heavy atom. The molecule has 0 spiro atoms. The SMILES string of the molecule is NCCc1nnc(NCCN2CCOCC2)s1. The molecule has 7 heteroatoms. The van der Waals surface area contributed by atoms with Gasteiger partial charge in [-0.2, -0.15) is 0 Å². The number of nitrogens with two attached hydrogens (primary N) is 1. The van der Waals surface area contributed by atoms with Gasteiger partial charge in [-0.15, -0.1) is 10.2 Å². The zero-order valence-corrected chi connectivity index (χ0v) is 10.7. The third-order valence-electron chi connectivity index (χ3n) is 2.63. The number of nitrogens with zero attached hydrogens (tertiary/aromatic N) is 3. The Labute approximate surface area is 105 Å². The molecule has 2 heterocycles. The number of hydrogen-bond acceptors (Lipinski definition) is 7. The summed E-state index contributed by atoms with van der Waals surface area (Å²) in [6.45, 7) is 6.29. The molecule has 2 rings (SSSR count). The van der Waals surface area contributed by atoms with Crippen LogP contribution in [0.4, 0.5) is 5.13 Å². The van der Waals surface area contributed by atoms with Gasteiger partial charge in [0.25, 0.3) is 0 Å². The van der Waals surface area contributed by atoms with E-state index >= 15 is 0 Å². The molecule has 3 N–H and O–H groups in total. The molecule has 0 aliphatic carbocycles. The number of morpholine rings is 1. The van der Waals surface area contributed by atoms with Crippen LogP contribution in [-0.4, -0.2) is 61.0 Å². The Kier molecular flexibility index (Phi) is 5.11. The number of aromatic nitrogens is 2. The minimum atomic E-state index is 0.627. The van der Waals surface area contributed by atoms with Crippen molar-refractivity contribution in [1.82, 2.24) is 15.1 Å². The Morgan fingerprint density at radius 2 is 2.18 bits per heavy atom. The third kappa shape index (κ3) is 4.19. The van der Waals surface area contributed by atoms with Crippen molar-refractivity contribution in [3.05, 3.63) is 5.01 Å². The summed E-state index contributed by atoms with van der Waals surface area (Å²) < 4.78 is 5.30. The van der Waals surface area contributed by atoms with Gasteiger partial charge in [0.15, 0.2) is 0 Å². The number of hydrogen-bond donors (Lipinski definition) is 2. The Morgan fingerprint density at radius 3 is 2.94 bits per heavy atom. The fourth-order valence-corrected chi connectivity index (χ4v) is 2.48. The average Bonchev–Trinajstić information content (AvgIpc) is 2.79. The van der Waals surface area contributed by atoms with Crippen molar-refractivity contribution in [2.75, 3.05) is 51.3 Å². The molecule has 1 aliphatic heterocycles. The normalized spacial score (nSPS) is 17.2. The van der Waals surface area contributed by atoms with Gasteiger partial charge in [0.1, 0.15) is 5.01 Å². The van der Waals surface area contributed by atoms with Crippen molar-refractivity contribution < 1.29 is 4.74 Å². The monoisotopic (exact) mass is 257 g/mol. The number of ether oxygens (including phenoxy) is 1. The molecule has 0 bridgehead atoms. The predicted octanol–water partition coefficient (Wildman–Crippen LogP) is -0.217. The van der Waals surface area contributed by atoms with E-state index in [0.29, 0.717) is 6.54 Å². The molecule has 0 atom stereocenters. The topological polar surface area (TPSA) is 76.3 Å². The van der Waals surface area contributed by atoms with Crippen molar-refractivity contribution in [3.8, 4) is 0 Å². The molecule has 0 amide bonds. The van der Waals surface area contributed by atoms with Gasteiger partial charge in [0.2, 0.25) is 5.13 Å². The van der Waals surface area contributed by atoms with E-state index in [1.54, 1.807) is 11.3 Å². The molecule has 0 aromatic carbocycles. The highest BCUT2D eigenvalue weighted by Crippen LogP contribution is 2.14. The number of anilines is 1. The zero-order chi connectivity index (χ0) is 11.9. The van der Waals surface area contributed by atoms with Crippen LogP contribution in [0.25, 0.3) is 0 Å². The van der Waals surface area contributed by atoms with Crippen LogP contribution in [0.1, 0.15) is 5.01 Å². The summed E-state index contributed by atoms with van der Waals surface area (Å²) in [5.41, 5.74) is 5.47. The van der Waals surface area contributed by atoms with Crippen LogP contribution in [0.3, 0.4) is 0 Å². The maximum Gasteiger partial charge on any atom is 0.205 e. The van der Waals surface area contributed by atoms with E-state index in [9.17, 15) is 0 Å². The lowest BCUT2D eigenvalue weighted by Crippen LogP contribution is -2.38. The summed E-state index contributed by atoms with van der Waals surface area (Å²) in [6, 6.07) is 0. The zero-order valence-electron chi connectivity index (χ0n) is 9.89. The van der Waals surface area contributed by atoms with Crippen LogP contribution in [0.15, 0.2) is 0 Å². The van der Waals surface area contributed by atoms with Gasteiger partial charge in [-0.05, 0) is 6.54 Å². The van der Waals surface area contributed by atoms with Gasteiger partial charge < -0.3 is 15.8 Å². The van der Waals surface area contributed by atoms with E-state index < -0.39 is 0 Å². The summed E-state index contributed by atoms with van der Waals surface area (Å²) in [6.07, 6.45) is 0.808. The lowest BCUT2D eigenvalue weighted by Gasteiger charge is -2.26.